The monoisotopic (exact) mass is 352 g/mol. The summed E-state index contributed by atoms with van der Waals surface area (Å²) in [7, 11) is 0. The van der Waals surface area contributed by atoms with Crippen LogP contribution in [0.15, 0.2) is 53.1 Å². The van der Waals surface area contributed by atoms with Gasteiger partial charge in [0, 0.05) is 30.8 Å². The van der Waals surface area contributed by atoms with E-state index in [0.29, 0.717) is 13.0 Å². The van der Waals surface area contributed by atoms with Gasteiger partial charge in [-0.1, -0.05) is 30.3 Å². The number of hydrogen-bond donors (Lipinski definition) is 1. The number of nitrogens with zero attached hydrogens (tertiary/aromatic N) is 1. The molecule has 2 aliphatic rings. The second-order valence-electron chi connectivity index (χ2n) is 7.47. The Kier molecular flexibility index (Phi) is 4.53. The van der Waals surface area contributed by atoms with Crippen LogP contribution in [-0.4, -0.2) is 29.8 Å². The van der Waals surface area contributed by atoms with Crippen LogP contribution in [0.5, 0.6) is 0 Å². The molecule has 1 N–H and O–H groups in total. The van der Waals surface area contributed by atoms with Crippen molar-refractivity contribution >= 4 is 11.8 Å². The van der Waals surface area contributed by atoms with Gasteiger partial charge in [-0.2, -0.15) is 0 Å². The molecular formula is C21H24N2O3. The third kappa shape index (κ3) is 3.52. The van der Waals surface area contributed by atoms with Gasteiger partial charge >= 0.3 is 0 Å². The number of furan rings is 1. The number of carbonyl (C=O) groups is 2. The van der Waals surface area contributed by atoms with E-state index in [-0.39, 0.29) is 23.1 Å². The summed E-state index contributed by atoms with van der Waals surface area (Å²) in [6, 6.07) is 13.8. The minimum Gasteiger partial charge on any atom is -0.467 e. The van der Waals surface area contributed by atoms with Crippen LogP contribution in [0, 0.1) is 11.3 Å². The summed E-state index contributed by atoms with van der Waals surface area (Å²) in [6.45, 7) is 1.92. The first kappa shape index (κ1) is 16.9. The van der Waals surface area contributed by atoms with Gasteiger partial charge in [0.25, 0.3) is 0 Å². The Hall–Kier alpha value is -2.56. The molecular weight excluding hydrogens is 328 g/mol. The second kappa shape index (κ2) is 6.98. The van der Waals surface area contributed by atoms with Crippen molar-refractivity contribution in [2.75, 3.05) is 13.1 Å². The topological polar surface area (TPSA) is 62.6 Å². The molecule has 1 aliphatic carbocycles. The van der Waals surface area contributed by atoms with Crippen molar-refractivity contribution < 1.29 is 14.0 Å². The Morgan fingerprint density at radius 2 is 2.04 bits per heavy atom. The molecule has 2 unspecified atom stereocenters. The van der Waals surface area contributed by atoms with Crippen LogP contribution < -0.4 is 5.32 Å². The lowest BCUT2D eigenvalue weighted by atomic mass is 10.0. The third-order valence-electron chi connectivity index (χ3n) is 5.73. The number of aryl methyl sites for hydroxylation is 1. The highest BCUT2D eigenvalue weighted by Crippen LogP contribution is 2.58. The van der Waals surface area contributed by atoms with Crippen LogP contribution in [0.1, 0.15) is 30.6 Å². The van der Waals surface area contributed by atoms with Gasteiger partial charge in [-0.3, -0.25) is 9.59 Å². The first-order valence-electron chi connectivity index (χ1n) is 9.28. The maximum Gasteiger partial charge on any atom is 0.224 e. The molecule has 1 spiro atoms. The molecule has 26 heavy (non-hydrogen) atoms. The molecule has 2 fully saturated rings. The van der Waals surface area contributed by atoms with Crippen molar-refractivity contribution in [1.29, 1.82) is 0 Å². The maximum absolute atomic E-state index is 12.5. The molecule has 136 valence electrons. The zero-order chi connectivity index (χ0) is 18.0. The summed E-state index contributed by atoms with van der Waals surface area (Å²) in [5, 5.41) is 2.95. The van der Waals surface area contributed by atoms with Crippen molar-refractivity contribution in [3.63, 3.8) is 0 Å². The van der Waals surface area contributed by atoms with Crippen molar-refractivity contribution in [3.05, 3.63) is 60.1 Å². The molecule has 4 rings (SSSR count). The number of hydrogen-bond acceptors (Lipinski definition) is 3. The quantitative estimate of drug-likeness (QED) is 0.869. The fraction of sp³-hybridized carbons (Fsp3) is 0.429. The Balaban J connectivity index is 1.24. The van der Waals surface area contributed by atoms with Gasteiger partial charge in [0.15, 0.2) is 0 Å². The normalized spacial score (nSPS) is 24.0. The van der Waals surface area contributed by atoms with Gasteiger partial charge in [-0.25, -0.2) is 0 Å². The molecule has 1 aliphatic heterocycles. The van der Waals surface area contributed by atoms with Crippen LogP contribution in [0.25, 0.3) is 0 Å². The average Bonchev–Trinajstić information content (AvgIpc) is 3.02. The fourth-order valence-corrected chi connectivity index (χ4v) is 4.04. The number of amides is 2. The molecule has 1 saturated heterocycles. The Labute approximate surface area is 153 Å². The number of rotatable bonds is 6. The lowest BCUT2D eigenvalue weighted by Gasteiger charge is -2.17. The summed E-state index contributed by atoms with van der Waals surface area (Å²) in [4.78, 5) is 26.8. The third-order valence-corrected chi connectivity index (χ3v) is 5.73. The molecule has 2 amide bonds. The van der Waals surface area contributed by atoms with Crippen molar-refractivity contribution in [2.24, 2.45) is 11.3 Å². The van der Waals surface area contributed by atoms with Gasteiger partial charge in [0.1, 0.15) is 5.76 Å². The highest BCUT2D eigenvalue weighted by Gasteiger charge is 2.61. The van der Waals surface area contributed by atoms with E-state index in [1.54, 1.807) is 6.26 Å². The second-order valence-corrected chi connectivity index (χ2v) is 7.47. The number of benzene rings is 1. The molecule has 0 radical (unpaired) electrons. The lowest BCUT2D eigenvalue weighted by Crippen LogP contribution is -2.31. The van der Waals surface area contributed by atoms with Gasteiger partial charge in [0.2, 0.25) is 11.8 Å². The highest BCUT2D eigenvalue weighted by molar-refractivity contribution is 5.83. The number of likely N-dealkylation sites (tertiary alicyclic amines) is 1. The van der Waals surface area contributed by atoms with Crippen LogP contribution in [0.3, 0.4) is 0 Å². The van der Waals surface area contributed by atoms with E-state index >= 15 is 0 Å². The summed E-state index contributed by atoms with van der Waals surface area (Å²) < 4.78 is 5.25. The van der Waals surface area contributed by atoms with E-state index in [0.717, 1.165) is 38.1 Å². The SMILES string of the molecule is O=C(NCc1ccco1)C1CC12CCN(C(=O)CCc1ccccc1)C2. The van der Waals surface area contributed by atoms with Crippen LogP contribution in [0.4, 0.5) is 0 Å². The van der Waals surface area contributed by atoms with Crippen LogP contribution in [0.2, 0.25) is 0 Å². The molecule has 2 aromatic rings. The maximum atomic E-state index is 12.5. The van der Waals surface area contributed by atoms with E-state index < -0.39 is 0 Å². The summed E-state index contributed by atoms with van der Waals surface area (Å²) >= 11 is 0. The zero-order valence-electron chi connectivity index (χ0n) is 14.8. The average molecular weight is 352 g/mol. The predicted molar refractivity (Wildman–Crippen MR) is 97.1 cm³/mol. The van der Waals surface area contributed by atoms with E-state index in [9.17, 15) is 9.59 Å². The van der Waals surface area contributed by atoms with Crippen molar-refractivity contribution in [3.8, 4) is 0 Å². The first-order chi connectivity index (χ1) is 12.7. The molecule has 2 heterocycles. The molecule has 5 nitrogen and oxygen atoms in total. The zero-order valence-corrected chi connectivity index (χ0v) is 14.8. The Bertz CT molecular complexity index is 772. The highest BCUT2D eigenvalue weighted by atomic mass is 16.3. The van der Waals surface area contributed by atoms with E-state index in [1.807, 2.05) is 35.2 Å². The van der Waals surface area contributed by atoms with Gasteiger partial charge in [-0.15, -0.1) is 0 Å². The van der Waals surface area contributed by atoms with E-state index in [1.165, 1.54) is 5.56 Å². The van der Waals surface area contributed by atoms with E-state index in [4.69, 9.17) is 4.42 Å². The molecule has 5 heteroatoms. The number of carbonyl (C=O) groups excluding carboxylic acids is 2. The summed E-state index contributed by atoms with van der Waals surface area (Å²) in [5.74, 6) is 1.08. The molecule has 1 saturated carbocycles. The summed E-state index contributed by atoms with van der Waals surface area (Å²) in [6.07, 6.45) is 4.74. The predicted octanol–water partition coefficient (Wildman–Crippen LogP) is 2.77. The molecule has 1 aromatic carbocycles. The minimum atomic E-state index is 0.00958. The molecule has 1 aromatic heterocycles. The largest absolute Gasteiger partial charge is 0.467 e. The Morgan fingerprint density at radius 3 is 2.81 bits per heavy atom. The molecule has 0 bridgehead atoms. The minimum absolute atomic E-state index is 0.00958. The van der Waals surface area contributed by atoms with E-state index in [2.05, 4.69) is 17.4 Å². The van der Waals surface area contributed by atoms with Crippen LogP contribution >= 0.6 is 0 Å². The first-order valence-corrected chi connectivity index (χ1v) is 9.28. The van der Waals surface area contributed by atoms with Crippen molar-refractivity contribution in [2.45, 2.75) is 32.2 Å². The van der Waals surface area contributed by atoms with Gasteiger partial charge in [0.05, 0.1) is 12.8 Å². The summed E-state index contributed by atoms with van der Waals surface area (Å²) in [5.41, 5.74) is 1.20. The Morgan fingerprint density at radius 1 is 1.19 bits per heavy atom. The van der Waals surface area contributed by atoms with Crippen LogP contribution in [-0.2, 0) is 22.6 Å². The van der Waals surface area contributed by atoms with Gasteiger partial charge in [-0.05, 0) is 37.0 Å². The number of nitrogens with one attached hydrogen (secondary N) is 1. The molecule has 2 atom stereocenters. The van der Waals surface area contributed by atoms with Crippen molar-refractivity contribution in [1.82, 2.24) is 10.2 Å². The standard InChI is InChI=1S/C21H24N2O3/c24-19(9-8-16-5-2-1-3-6-16)23-11-10-21(15-23)13-18(21)20(25)22-14-17-7-4-12-26-17/h1-7,12,18H,8-11,13-15H2,(H,22,25). The lowest BCUT2D eigenvalue weighted by molar-refractivity contribution is -0.130. The fourth-order valence-electron chi connectivity index (χ4n) is 4.04. The van der Waals surface area contributed by atoms with Gasteiger partial charge < -0.3 is 14.6 Å². The smallest absolute Gasteiger partial charge is 0.224 e.